The summed E-state index contributed by atoms with van der Waals surface area (Å²) in [5, 5.41) is 4.12. The molecule has 4 aromatic rings. The summed E-state index contributed by atoms with van der Waals surface area (Å²) in [6.07, 6.45) is 5.38. The summed E-state index contributed by atoms with van der Waals surface area (Å²) in [4.78, 5) is 28.9. The van der Waals surface area contributed by atoms with Crippen molar-refractivity contribution >= 4 is 22.7 Å². The zero-order valence-corrected chi connectivity index (χ0v) is 18.2. The molecule has 1 saturated heterocycles. The first-order valence-electron chi connectivity index (χ1n) is 10.9. The van der Waals surface area contributed by atoms with Gasteiger partial charge in [-0.25, -0.2) is 9.97 Å². The molecule has 0 unspecified atom stereocenters. The Balaban J connectivity index is 1.43. The number of hydrogen-bond donors (Lipinski definition) is 1. The van der Waals surface area contributed by atoms with E-state index in [0.29, 0.717) is 24.7 Å². The second kappa shape index (κ2) is 8.42. The van der Waals surface area contributed by atoms with Gasteiger partial charge in [0.15, 0.2) is 11.6 Å². The number of carbonyl (C=O) groups excluding carboxylic acids is 1. The van der Waals surface area contributed by atoms with Crippen molar-refractivity contribution in [1.29, 1.82) is 0 Å². The highest BCUT2D eigenvalue weighted by Gasteiger charge is 2.30. The topological polar surface area (TPSA) is 84.2 Å². The number of aromatic nitrogens is 3. The standard InChI is InChI=1S/C25H25N5O2/c1-16-19-9-3-4-10-21(19)32-23(16)25(31)30-12-6-8-18(15-30)20-13-22(26-2)29-24(28-20)17-7-5-11-27-14-17/h3-5,7,9-11,13-14,18H,6,8,12,15H2,1-2H3,(H,26,28,29)/t18-/m0/s1. The molecule has 32 heavy (non-hydrogen) atoms. The zero-order valence-electron chi connectivity index (χ0n) is 18.2. The van der Waals surface area contributed by atoms with Crippen LogP contribution in [-0.2, 0) is 0 Å². The number of carbonyl (C=O) groups is 1. The molecule has 1 atom stereocenters. The Morgan fingerprint density at radius 3 is 2.84 bits per heavy atom. The number of nitrogens with zero attached hydrogens (tertiary/aromatic N) is 4. The highest BCUT2D eigenvalue weighted by atomic mass is 16.3. The monoisotopic (exact) mass is 427 g/mol. The van der Waals surface area contributed by atoms with E-state index in [-0.39, 0.29) is 11.8 Å². The van der Waals surface area contributed by atoms with Gasteiger partial charge in [0.25, 0.3) is 5.91 Å². The number of piperidine rings is 1. The maximum absolute atomic E-state index is 13.4. The van der Waals surface area contributed by atoms with Crippen LogP contribution in [0.2, 0.25) is 0 Å². The molecule has 3 aromatic heterocycles. The Hall–Kier alpha value is -3.74. The fourth-order valence-electron chi connectivity index (χ4n) is 4.35. The number of likely N-dealkylation sites (tertiary alicyclic amines) is 1. The largest absolute Gasteiger partial charge is 0.451 e. The van der Waals surface area contributed by atoms with Crippen LogP contribution in [-0.4, -0.2) is 45.9 Å². The van der Waals surface area contributed by atoms with Crippen LogP contribution in [0.15, 0.2) is 59.3 Å². The van der Waals surface area contributed by atoms with E-state index in [9.17, 15) is 4.79 Å². The third-order valence-electron chi connectivity index (χ3n) is 6.09. The maximum atomic E-state index is 13.4. The molecule has 1 amide bonds. The van der Waals surface area contributed by atoms with Crippen LogP contribution < -0.4 is 5.32 Å². The molecule has 162 valence electrons. The number of fused-ring (bicyclic) bond motifs is 1. The molecule has 5 rings (SSSR count). The average Bonchev–Trinajstić information content (AvgIpc) is 3.20. The lowest BCUT2D eigenvalue weighted by molar-refractivity contribution is 0.0675. The van der Waals surface area contributed by atoms with Gasteiger partial charge in [-0.1, -0.05) is 18.2 Å². The molecule has 0 bridgehead atoms. The first kappa shape index (κ1) is 20.2. The summed E-state index contributed by atoms with van der Waals surface area (Å²) in [6.45, 7) is 3.26. The lowest BCUT2D eigenvalue weighted by atomic mass is 9.94. The van der Waals surface area contributed by atoms with Gasteiger partial charge in [0.1, 0.15) is 11.4 Å². The van der Waals surface area contributed by atoms with Gasteiger partial charge in [-0.05, 0) is 38.0 Å². The maximum Gasteiger partial charge on any atom is 0.289 e. The van der Waals surface area contributed by atoms with Crippen molar-refractivity contribution in [3.8, 4) is 11.4 Å². The van der Waals surface area contributed by atoms with Crippen LogP contribution in [0, 0.1) is 6.92 Å². The number of para-hydroxylation sites is 1. The molecule has 0 saturated carbocycles. The summed E-state index contributed by atoms with van der Waals surface area (Å²) in [7, 11) is 1.85. The molecule has 7 heteroatoms. The van der Waals surface area contributed by atoms with Gasteiger partial charge in [0.2, 0.25) is 0 Å². The van der Waals surface area contributed by atoms with Gasteiger partial charge in [0, 0.05) is 61.0 Å². The molecule has 7 nitrogen and oxygen atoms in total. The van der Waals surface area contributed by atoms with Gasteiger partial charge >= 0.3 is 0 Å². The van der Waals surface area contributed by atoms with Crippen molar-refractivity contribution in [2.24, 2.45) is 0 Å². The van der Waals surface area contributed by atoms with E-state index in [4.69, 9.17) is 9.40 Å². The Morgan fingerprint density at radius 1 is 1.19 bits per heavy atom. The highest BCUT2D eigenvalue weighted by molar-refractivity contribution is 5.99. The van der Waals surface area contributed by atoms with E-state index in [1.165, 1.54) is 0 Å². The van der Waals surface area contributed by atoms with Gasteiger partial charge in [-0.2, -0.15) is 0 Å². The Morgan fingerprint density at radius 2 is 2.06 bits per heavy atom. The lowest BCUT2D eigenvalue weighted by Crippen LogP contribution is -2.39. The minimum Gasteiger partial charge on any atom is -0.451 e. The van der Waals surface area contributed by atoms with Crippen LogP contribution >= 0.6 is 0 Å². The predicted octanol–water partition coefficient (Wildman–Crippen LogP) is 4.65. The minimum absolute atomic E-state index is 0.0567. The molecule has 1 aromatic carbocycles. The highest BCUT2D eigenvalue weighted by Crippen LogP contribution is 2.31. The Bertz CT molecular complexity index is 1270. The zero-order chi connectivity index (χ0) is 22.1. The SMILES string of the molecule is CNc1cc([C@H]2CCCN(C(=O)c3oc4ccccc4c3C)C2)nc(-c2cccnc2)n1. The van der Waals surface area contributed by atoms with E-state index in [2.05, 4.69) is 15.3 Å². The first-order valence-corrected chi connectivity index (χ1v) is 10.9. The number of benzene rings is 1. The number of hydrogen-bond acceptors (Lipinski definition) is 6. The number of aryl methyl sites for hydroxylation is 1. The van der Waals surface area contributed by atoms with Crippen LogP contribution in [0.5, 0.6) is 0 Å². The molecule has 0 radical (unpaired) electrons. The van der Waals surface area contributed by atoms with Crippen LogP contribution in [0.1, 0.15) is 40.6 Å². The van der Waals surface area contributed by atoms with E-state index in [0.717, 1.165) is 46.4 Å². The smallest absolute Gasteiger partial charge is 0.289 e. The molecule has 1 N–H and O–H groups in total. The van der Waals surface area contributed by atoms with Crippen LogP contribution in [0.4, 0.5) is 5.82 Å². The normalized spacial score (nSPS) is 16.3. The van der Waals surface area contributed by atoms with Gasteiger partial charge in [-0.15, -0.1) is 0 Å². The van der Waals surface area contributed by atoms with E-state index in [1.54, 1.807) is 12.4 Å². The van der Waals surface area contributed by atoms with Gasteiger partial charge < -0.3 is 14.6 Å². The molecule has 1 aliphatic heterocycles. The summed E-state index contributed by atoms with van der Waals surface area (Å²) in [6, 6.07) is 13.6. The summed E-state index contributed by atoms with van der Waals surface area (Å²) in [5.41, 5.74) is 3.44. The molecule has 0 aliphatic carbocycles. The second-order valence-corrected chi connectivity index (χ2v) is 8.14. The number of furan rings is 1. The molecule has 1 aliphatic rings. The molecule has 1 fully saturated rings. The van der Waals surface area contributed by atoms with Gasteiger partial charge in [-0.3, -0.25) is 9.78 Å². The minimum atomic E-state index is -0.0567. The van der Waals surface area contributed by atoms with Crippen LogP contribution in [0.3, 0.4) is 0 Å². The third kappa shape index (κ3) is 3.70. The summed E-state index contributed by atoms with van der Waals surface area (Å²) >= 11 is 0. The van der Waals surface area contributed by atoms with E-state index < -0.39 is 0 Å². The number of rotatable bonds is 4. The molecule has 0 spiro atoms. The number of anilines is 1. The predicted molar refractivity (Wildman–Crippen MR) is 124 cm³/mol. The van der Waals surface area contributed by atoms with Crippen molar-refractivity contribution in [2.75, 3.05) is 25.5 Å². The van der Waals surface area contributed by atoms with Gasteiger partial charge in [0.05, 0.1) is 5.69 Å². The van der Waals surface area contributed by atoms with Crippen molar-refractivity contribution < 1.29 is 9.21 Å². The van der Waals surface area contributed by atoms with Crippen molar-refractivity contribution in [1.82, 2.24) is 19.9 Å². The van der Waals surface area contributed by atoms with E-state index in [1.807, 2.05) is 61.3 Å². The lowest BCUT2D eigenvalue weighted by Gasteiger charge is -2.32. The van der Waals surface area contributed by atoms with Crippen molar-refractivity contribution in [3.63, 3.8) is 0 Å². The molecular formula is C25H25N5O2. The molecule has 4 heterocycles. The third-order valence-corrected chi connectivity index (χ3v) is 6.09. The fourth-order valence-corrected chi connectivity index (χ4v) is 4.35. The summed E-state index contributed by atoms with van der Waals surface area (Å²) < 4.78 is 5.93. The first-order chi connectivity index (χ1) is 15.6. The molecular weight excluding hydrogens is 402 g/mol. The summed E-state index contributed by atoms with van der Waals surface area (Å²) in [5.74, 6) is 1.89. The van der Waals surface area contributed by atoms with Crippen molar-refractivity contribution in [3.05, 3.63) is 71.9 Å². The fraction of sp³-hybridized carbons (Fsp3) is 0.280. The average molecular weight is 428 g/mol. The van der Waals surface area contributed by atoms with Crippen LogP contribution in [0.25, 0.3) is 22.4 Å². The Labute approximate surface area is 186 Å². The number of amides is 1. The number of pyridine rings is 1. The second-order valence-electron chi connectivity index (χ2n) is 8.14. The Kier molecular flexibility index (Phi) is 5.31. The van der Waals surface area contributed by atoms with Crippen molar-refractivity contribution in [2.45, 2.75) is 25.7 Å². The number of nitrogens with one attached hydrogen (secondary N) is 1. The van der Waals surface area contributed by atoms with E-state index >= 15 is 0 Å². The quantitative estimate of drug-likeness (QED) is 0.510.